The second-order valence-corrected chi connectivity index (χ2v) is 7.68. The smallest absolute Gasteiger partial charge is 0.330 e. The van der Waals surface area contributed by atoms with Gasteiger partial charge in [-0.2, -0.15) is 5.10 Å². The maximum Gasteiger partial charge on any atom is 0.330 e. The molecule has 2 aromatic rings. The van der Waals surface area contributed by atoms with E-state index in [0.29, 0.717) is 11.8 Å². The average molecular weight is 380 g/mol. The van der Waals surface area contributed by atoms with Gasteiger partial charge >= 0.3 is 5.97 Å². The number of nitrogens with zero attached hydrogens (tertiary/aromatic N) is 2. The third kappa shape index (κ3) is 3.93. The van der Waals surface area contributed by atoms with Crippen LogP contribution in [0.4, 0.5) is 0 Å². The zero-order valence-electron chi connectivity index (χ0n) is 17.0. The van der Waals surface area contributed by atoms with Crippen molar-refractivity contribution >= 4 is 11.9 Å². The van der Waals surface area contributed by atoms with Crippen molar-refractivity contribution in [2.24, 2.45) is 5.92 Å². The largest absolute Gasteiger partial charge is 0.463 e. The molecule has 3 rings (SSSR count). The van der Waals surface area contributed by atoms with Gasteiger partial charge in [-0.1, -0.05) is 51.1 Å². The molecule has 0 bridgehead atoms. The average Bonchev–Trinajstić information content (AvgIpc) is 3.08. The van der Waals surface area contributed by atoms with Crippen LogP contribution in [0.5, 0.6) is 0 Å². The molecule has 2 atom stereocenters. The van der Waals surface area contributed by atoms with E-state index in [-0.39, 0.29) is 18.4 Å². The molecule has 0 amide bonds. The molecule has 0 saturated carbocycles. The van der Waals surface area contributed by atoms with Crippen LogP contribution in [0.3, 0.4) is 0 Å². The summed E-state index contributed by atoms with van der Waals surface area (Å²) >= 11 is 0. The van der Waals surface area contributed by atoms with E-state index in [1.54, 1.807) is 6.92 Å². The Labute approximate surface area is 166 Å². The van der Waals surface area contributed by atoms with E-state index in [1.807, 2.05) is 30.3 Å². The van der Waals surface area contributed by atoms with Gasteiger partial charge in [-0.3, -0.25) is 4.79 Å². The van der Waals surface area contributed by atoms with Crippen LogP contribution in [0.1, 0.15) is 68.4 Å². The molecular formula is C23H28N2O3. The lowest BCUT2D eigenvalue weighted by molar-refractivity contribution is -0.137. The Balaban J connectivity index is 2.12. The molecule has 0 unspecified atom stereocenters. The van der Waals surface area contributed by atoms with Crippen molar-refractivity contribution in [1.29, 1.82) is 0 Å². The highest BCUT2D eigenvalue weighted by Gasteiger charge is 2.35. The summed E-state index contributed by atoms with van der Waals surface area (Å²) in [5.41, 5.74) is 4.03. The van der Waals surface area contributed by atoms with Crippen LogP contribution >= 0.6 is 0 Å². The number of hydrogen-bond donors (Lipinski definition) is 0. The van der Waals surface area contributed by atoms with Gasteiger partial charge in [0, 0.05) is 29.2 Å². The van der Waals surface area contributed by atoms with E-state index in [0.717, 1.165) is 35.4 Å². The Bertz CT molecular complexity index is 881. The molecular weight excluding hydrogens is 352 g/mol. The lowest BCUT2D eigenvalue weighted by Gasteiger charge is -2.30. The van der Waals surface area contributed by atoms with Gasteiger partial charge in [0.1, 0.15) is 0 Å². The molecule has 1 heterocycles. The van der Waals surface area contributed by atoms with Gasteiger partial charge in [-0.25, -0.2) is 9.48 Å². The Morgan fingerprint density at radius 1 is 1.21 bits per heavy atom. The van der Waals surface area contributed by atoms with Gasteiger partial charge < -0.3 is 4.74 Å². The van der Waals surface area contributed by atoms with Crippen LogP contribution in [-0.2, 0) is 9.53 Å². The summed E-state index contributed by atoms with van der Waals surface area (Å²) in [6, 6.07) is 9.99. The number of benzene rings is 1. The Kier molecular flexibility index (Phi) is 6.12. The number of aromatic nitrogens is 2. The van der Waals surface area contributed by atoms with Gasteiger partial charge in [-0.05, 0) is 31.6 Å². The zero-order valence-corrected chi connectivity index (χ0v) is 17.0. The molecule has 1 aliphatic carbocycles. The van der Waals surface area contributed by atoms with Crippen LogP contribution < -0.4 is 0 Å². The molecule has 5 nitrogen and oxygen atoms in total. The number of fused-ring (bicyclic) bond motifs is 1. The summed E-state index contributed by atoms with van der Waals surface area (Å²) in [7, 11) is 0. The van der Waals surface area contributed by atoms with Crippen LogP contribution in [-0.4, -0.2) is 28.3 Å². The maximum absolute atomic E-state index is 13.0. The number of rotatable bonds is 5. The van der Waals surface area contributed by atoms with Gasteiger partial charge in [0.25, 0.3) is 5.91 Å². The van der Waals surface area contributed by atoms with Crippen molar-refractivity contribution < 1.29 is 14.3 Å². The van der Waals surface area contributed by atoms with E-state index in [2.05, 4.69) is 20.8 Å². The first-order valence-corrected chi connectivity index (χ1v) is 10.0. The normalized spacial score (nSPS) is 19.0. The van der Waals surface area contributed by atoms with Crippen molar-refractivity contribution in [3.63, 3.8) is 0 Å². The molecule has 0 saturated heterocycles. The quantitative estimate of drug-likeness (QED) is 0.544. The summed E-state index contributed by atoms with van der Waals surface area (Å²) in [6.07, 6.45) is 4.55. The van der Waals surface area contributed by atoms with Crippen molar-refractivity contribution in [3.05, 3.63) is 53.7 Å². The molecule has 148 valence electrons. The molecule has 0 aliphatic heterocycles. The summed E-state index contributed by atoms with van der Waals surface area (Å²) in [4.78, 5) is 24.6. The lowest BCUT2D eigenvalue weighted by atomic mass is 9.75. The van der Waals surface area contributed by atoms with E-state index >= 15 is 0 Å². The summed E-state index contributed by atoms with van der Waals surface area (Å²) in [5.74, 6) is 0.152. The fourth-order valence-electron chi connectivity index (χ4n) is 4.02. The van der Waals surface area contributed by atoms with Crippen LogP contribution in [0.25, 0.3) is 11.3 Å². The minimum absolute atomic E-state index is 0.260. The number of allylic oxidation sites excluding steroid dienone is 1. The maximum atomic E-state index is 13.0. The highest BCUT2D eigenvalue weighted by atomic mass is 16.5. The number of esters is 1. The molecule has 0 spiro atoms. The van der Waals surface area contributed by atoms with E-state index in [9.17, 15) is 9.59 Å². The Morgan fingerprint density at radius 3 is 2.57 bits per heavy atom. The van der Waals surface area contributed by atoms with Gasteiger partial charge in [0.2, 0.25) is 0 Å². The fourth-order valence-corrected chi connectivity index (χ4v) is 4.02. The van der Waals surface area contributed by atoms with Crippen molar-refractivity contribution in [2.75, 3.05) is 6.61 Å². The minimum Gasteiger partial charge on any atom is -0.463 e. The zero-order chi connectivity index (χ0) is 20.3. The molecule has 0 radical (unpaired) electrons. The number of carbonyl (C=O) groups is 2. The first kappa shape index (κ1) is 20.1. The van der Waals surface area contributed by atoms with Crippen molar-refractivity contribution in [3.8, 4) is 11.3 Å². The summed E-state index contributed by atoms with van der Waals surface area (Å²) < 4.78 is 6.39. The standard InChI is InChI=1S/C23H28N2O3/c1-5-28-20(27)14-13-19(26)25-23-18(15(2)3)12-11-16(4)21(23)22(24-25)17-9-7-6-8-10-17/h6-10,13-16,18H,5,11-12H2,1-4H3/b14-13-/t16-,18+/m1/s1. The monoisotopic (exact) mass is 380 g/mol. The Hall–Kier alpha value is -2.69. The van der Waals surface area contributed by atoms with Crippen molar-refractivity contribution in [1.82, 2.24) is 9.78 Å². The third-order valence-corrected chi connectivity index (χ3v) is 5.42. The number of hydrogen-bond acceptors (Lipinski definition) is 4. The highest BCUT2D eigenvalue weighted by molar-refractivity contribution is 5.96. The minimum atomic E-state index is -0.520. The van der Waals surface area contributed by atoms with Gasteiger partial charge in [0.15, 0.2) is 0 Å². The predicted octanol–water partition coefficient (Wildman–Crippen LogP) is 4.95. The van der Waals surface area contributed by atoms with E-state index < -0.39 is 5.97 Å². The SMILES string of the molecule is CCOC(=O)/C=C\C(=O)n1nc(-c2ccccc2)c2c1[C@H](C(C)C)CC[C@H]2C. The number of carbonyl (C=O) groups excluding carboxylic acids is 2. The molecule has 1 aromatic carbocycles. The van der Waals surface area contributed by atoms with Gasteiger partial charge in [0.05, 0.1) is 18.0 Å². The molecule has 5 heteroatoms. The second-order valence-electron chi connectivity index (χ2n) is 7.68. The van der Waals surface area contributed by atoms with Crippen molar-refractivity contribution in [2.45, 2.75) is 52.4 Å². The van der Waals surface area contributed by atoms with Crippen LogP contribution in [0.15, 0.2) is 42.5 Å². The van der Waals surface area contributed by atoms with Crippen LogP contribution in [0, 0.1) is 5.92 Å². The summed E-state index contributed by atoms with van der Waals surface area (Å²) in [5, 5.41) is 4.73. The van der Waals surface area contributed by atoms with E-state index in [4.69, 9.17) is 9.84 Å². The first-order valence-electron chi connectivity index (χ1n) is 10.0. The van der Waals surface area contributed by atoms with Crippen LogP contribution in [0.2, 0.25) is 0 Å². The molecule has 0 fully saturated rings. The molecule has 1 aliphatic rings. The topological polar surface area (TPSA) is 61.2 Å². The first-order chi connectivity index (χ1) is 13.4. The molecule has 1 aromatic heterocycles. The predicted molar refractivity (Wildman–Crippen MR) is 109 cm³/mol. The van der Waals surface area contributed by atoms with E-state index in [1.165, 1.54) is 16.8 Å². The highest BCUT2D eigenvalue weighted by Crippen LogP contribution is 2.46. The Morgan fingerprint density at radius 2 is 1.93 bits per heavy atom. The third-order valence-electron chi connectivity index (χ3n) is 5.42. The lowest BCUT2D eigenvalue weighted by Crippen LogP contribution is -2.23. The van der Waals surface area contributed by atoms with Gasteiger partial charge in [-0.15, -0.1) is 0 Å². The fraction of sp³-hybridized carbons (Fsp3) is 0.435. The second kappa shape index (κ2) is 8.55. The number of ether oxygens (including phenoxy) is 1. The molecule has 28 heavy (non-hydrogen) atoms. The molecule has 0 N–H and O–H groups in total. The summed E-state index contributed by atoms with van der Waals surface area (Å²) in [6.45, 7) is 8.58.